The topological polar surface area (TPSA) is 42.2 Å². The maximum Gasteiger partial charge on any atom is 0.337 e. The van der Waals surface area contributed by atoms with Crippen molar-refractivity contribution in [1.82, 2.24) is 4.57 Å². The highest BCUT2D eigenvalue weighted by molar-refractivity contribution is 6.03. The largest absolute Gasteiger partial charge is 0.478 e. The molecule has 3 heteroatoms. The summed E-state index contributed by atoms with van der Waals surface area (Å²) in [5.74, 6) is -0.839. The zero-order valence-corrected chi connectivity index (χ0v) is 8.89. The summed E-state index contributed by atoms with van der Waals surface area (Å²) in [6, 6.07) is 8.23. The van der Waals surface area contributed by atoms with Crippen LogP contribution in [0.5, 0.6) is 0 Å². The van der Waals surface area contributed by atoms with E-state index >= 15 is 0 Å². The van der Waals surface area contributed by atoms with Crippen molar-refractivity contribution in [3.8, 4) is 0 Å². The van der Waals surface area contributed by atoms with Gasteiger partial charge in [-0.2, -0.15) is 0 Å². The summed E-state index contributed by atoms with van der Waals surface area (Å²) in [4.78, 5) is 11.1. The van der Waals surface area contributed by atoms with Crippen molar-refractivity contribution in [2.45, 2.75) is 25.3 Å². The number of rotatable bonds is 2. The van der Waals surface area contributed by atoms with Gasteiger partial charge in [-0.15, -0.1) is 0 Å². The minimum absolute atomic E-state index is 0.419. The lowest BCUT2D eigenvalue weighted by Gasteiger charge is -2.27. The van der Waals surface area contributed by atoms with Crippen molar-refractivity contribution in [2.75, 3.05) is 0 Å². The molecule has 0 saturated heterocycles. The zero-order chi connectivity index (χ0) is 11.1. The van der Waals surface area contributed by atoms with E-state index in [0.717, 1.165) is 23.7 Å². The smallest absolute Gasteiger partial charge is 0.337 e. The Kier molecular flexibility index (Phi) is 1.99. The van der Waals surface area contributed by atoms with Crippen LogP contribution < -0.4 is 0 Å². The van der Waals surface area contributed by atoms with Gasteiger partial charge >= 0.3 is 5.97 Å². The molecule has 0 unspecified atom stereocenters. The van der Waals surface area contributed by atoms with Gasteiger partial charge in [0.1, 0.15) is 0 Å². The van der Waals surface area contributed by atoms with Crippen LogP contribution in [0, 0.1) is 0 Å². The van der Waals surface area contributed by atoms with Gasteiger partial charge in [-0.05, 0) is 25.3 Å². The molecule has 16 heavy (non-hydrogen) atoms. The van der Waals surface area contributed by atoms with E-state index in [0.29, 0.717) is 11.6 Å². The molecule has 1 saturated carbocycles. The average Bonchev–Trinajstić information content (AvgIpc) is 2.56. The van der Waals surface area contributed by atoms with E-state index < -0.39 is 5.97 Å². The molecule has 1 aromatic carbocycles. The van der Waals surface area contributed by atoms with Crippen molar-refractivity contribution in [2.24, 2.45) is 0 Å². The Balaban J connectivity index is 2.24. The maximum absolute atomic E-state index is 11.1. The maximum atomic E-state index is 11.1. The highest BCUT2D eigenvalue weighted by Gasteiger charge is 2.23. The Labute approximate surface area is 93.3 Å². The number of benzene rings is 1. The highest BCUT2D eigenvalue weighted by atomic mass is 16.4. The van der Waals surface area contributed by atoms with E-state index in [2.05, 4.69) is 4.57 Å². The zero-order valence-electron chi connectivity index (χ0n) is 8.89. The summed E-state index contributed by atoms with van der Waals surface area (Å²) in [6.07, 6.45) is 5.37. The molecule has 0 radical (unpaired) electrons. The van der Waals surface area contributed by atoms with Crippen LogP contribution in [-0.2, 0) is 0 Å². The van der Waals surface area contributed by atoms with E-state index in [1.165, 1.54) is 6.42 Å². The number of nitrogens with zero attached hydrogens (tertiary/aromatic N) is 1. The quantitative estimate of drug-likeness (QED) is 0.836. The van der Waals surface area contributed by atoms with Gasteiger partial charge in [0.2, 0.25) is 0 Å². The fraction of sp³-hybridized carbons (Fsp3) is 0.308. The van der Waals surface area contributed by atoms with E-state index in [4.69, 9.17) is 5.11 Å². The summed E-state index contributed by atoms with van der Waals surface area (Å²) in [5.41, 5.74) is 1.46. The molecule has 1 N–H and O–H groups in total. The lowest BCUT2D eigenvalue weighted by Crippen LogP contribution is -2.15. The van der Waals surface area contributed by atoms with Gasteiger partial charge in [-0.3, -0.25) is 0 Å². The molecular weight excluding hydrogens is 202 g/mol. The van der Waals surface area contributed by atoms with Gasteiger partial charge in [0.25, 0.3) is 0 Å². The second-order valence-electron chi connectivity index (χ2n) is 4.36. The molecule has 3 rings (SSSR count). The summed E-state index contributed by atoms with van der Waals surface area (Å²) in [6.45, 7) is 0. The lowest BCUT2D eigenvalue weighted by atomic mass is 9.93. The van der Waals surface area contributed by atoms with Crippen molar-refractivity contribution < 1.29 is 9.90 Å². The number of aromatic nitrogens is 1. The van der Waals surface area contributed by atoms with Gasteiger partial charge in [0, 0.05) is 23.1 Å². The lowest BCUT2D eigenvalue weighted by molar-refractivity contribution is 0.0698. The number of hydrogen-bond donors (Lipinski definition) is 1. The Bertz CT molecular complexity index is 552. The van der Waals surface area contributed by atoms with Crippen molar-refractivity contribution in [1.29, 1.82) is 0 Å². The second kappa shape index (κ2) is 3.37. The van der Waals surface area contributed by atoms with Crippen LogP contribution >= 0.6 is 0 Å². The van der Waals surface area contributed by atoms with Crippen molar-refractivity contribution in [3.63, 3.8) is 0 Å². The Morgan fingerprint density at radius 3 is 2.69 bits per heavy atom. The summed E-state index contributed by atoms with van der Waals surface area (Å²) < 4.78 is 2.13. The SMILES string of the molecule is O=C(O)c1cn(C2CCC2)c2ccccc12. The molecule has 1 aliphatic carbocycles. The normalized spacial score (nSPS) is 16.2. The average molecular weight is 215 g/mol. The third kappa shape index (κ3) is 1.24. The van der Waals surface area contributed by atoms with E-state index in [1.54, 1.807) is 6.20 Å². The molecule has 1 aromatic heterocycles. The molecule has 82 valence electrons. The predicted octanol–water partition coefficient (Wildman–Crippen LogP) is 3.06. The monoisotopic (exact) mass is 215 g/mol. The van der Waals surface area contributed by atoms with E-state index in [9.17, 15) is 4.79 Å². The van der Waals surface area contributed by atoms with Crippen molar-refractivity contribution >= 4 is 16.9 Å². The number of aromatic carboxylic acids is 1. The molecule has 0 bridgehead atoms. The second-order valence-corrected chi connectivity index (χ2v) is 4.36. The van der Waals surface area contributed by atoms with E-state index in [-0.39, 0.29) is 0 Å². The molecule has 1 heterocycles. The Morgan fingerprint density at radius 2 is 2.06 bits per heavy atom. The van der Waals surface area contributed by atoms with Crippen LogP contribution in [0.15, 0.2) is 30.5 Å². The predicted molar refractivity (Wildman–Crippen MR) is 61.8 cm³/mol. The van der Waals surface area contributed by atoms with Crippen molar-refractivity contribution in [3.05, 3.63) is 36.0 Å². The molecule has 0 aliphatic heterocycles. The molecule has 1 aliphatic rings. The van der Waals surface area contributed by atoms with Crippen LogP contribution in [0.1, 0.15) is 35.7 Å². The Morgan fingerprint density at radius 1 is 1.31 bits per heavy atom. The van der Waals surface area contributed by atoms with Crippen LogP contribution in [0.25, 0.3) is 10.9 Å². The highest BCUT2D eigenvalue weighted by Crippen LogP contribution is 2.35. The minimum Gasteiger partial charge on any atom is -0.478 e. The third-order valence-corrected chi connectivity index (χ3v) is 3.44. The first-order valence-corrected chi connectivity index (χ1v) is 5.60. The number of para-hydroxylation sites is 1. The minimum atomic E-state index is -0.839. The van der Waals surface area contributed by atoms with Gasteiger partial charge in [0.05, 0.1) is 5.56 Å². The molecule has 3 nitrogen and oxygen atoms in total. The number of fused-ring (bicyclic) bond motifs is 1. The van der Waals surface area contributed by atoms with E-state index in [1.807, 2.05) is 24.3 Å². The molecule has 1 fully saturated rings. The molecule has 0 amide bonds. The summed E-state index contributed by atoms with van der Waals surface area (Å²) in [5, 5.41) is 10.0. The van der Waals surface area contributed by atoms with Gasteiger partial charge in [-0.25, -0.2) is 4.79 Å². The van der Waals surface area contributed by atoms with Gasteiger partial charge in [0.15, 0.2) is 0 Å². The molecule has 0 spiro atoms. The van der Waals surface area contributed by atoms with Crippen LogP contribution in [-0.4, -0.2) is 15.6 Å². The van der Waals surface area contributed by atoms with Crippen LogP contribution in [0.3, 0.4) is 0 Å². The van der Waals surface area contributed by atoms with Crippen LogP contribution in [0.4, 0.5) is 0 Å². The molecule has 0 atom stereocenters. The first-order valence-electron chi connectivity index (χ1n) is 5.60. The van der Waals surface area contributed by atoms with Gasteiger partial charge in [-0.1, -0.05) is 18.2 Å². The number of carbonyl (C=O) groups is 1. The first kappa shape index (κ1) is 9.46. The number of carboxylic acids is 1. The Hall–Kier alpha value is -1.77. The van der Waals surface area contributed by atoms with Crippen LogP contribution in [0.2, 0.25) is 0 Å². The molecule has 2 aromatic rings. The van der Waals surface area contributed by atoms with Gasteiger partial charge < -0.3 is 9.67 Å². The number of hydrogen-bond acceptors (Lipinski definition) is 1. The third-order valence-electron chi connectivity index (χ3n) is 3.44. The first-order chi connectivity index (χ1) is 7.77. The fourth-order valence-corrected chi connectivity index (χ4v) is 2.34. The molecular formula is C13H13NO2. The summed E-state index contributed by atoms with van der Waals surface area (Å²) in [7, 11) is 0. The summed E-state index contributed by atoms with van der Waals surface area (Å²) >= 11 is 0. The fourth-order valence-electron chi connectivity index (χ4n) is 2.34. The number of carboxylic acid groups (broad SMARTS) is 1. The standard InChI is InChI=1S/C13H13NO2/c15-13(16)11-8-14(9-4-3-5-9)12-7-2-1-6-10(11)12/h1-2,6-9H,3-5H2,(H,15,16).